The molecule has 0 atom stereocenters. The topological polar surface area (TPSA) is 85.2 Å². The molecule has 3 aromatic rings. The van der Waals surface area contributed by atoms with E-state index >= 15 is 0 Å². The number of hydrogen-bond donors (Lipinski definition) is 0. The molecule has 1 aromatic carbocycles. The van der Waals surface area contributed by atoms with Crippen molar-refractivity contribution in [1.82, 2.24) is 9.38 Å². The molecule has 2 aromatic heterocycles. The van der Waals surface area contributed by atoms with Crippen LogP contribution in [-0.4, -0.2) is 14.3 Å². The number of aromatic nitrogens is 2. The number of pyridine rings is 1. The quantitative estimate of drug-likeness (QED) is 0.414. The van der Waals surface area contributed by atoms with E-state index in [4.69, 9.17) is 0 Å². The molecule has 0 aliphatic heterocycles. The minimum Gasteiger partial charge on any atom is -0.280 e. The summed E-state index contributed by atoms with van der Waals surface area (Å²) in [6, 6.07) is 8.64. The first-order valence-corrected chi connectivity index (χ1v) is 6.35. The van der Waals surface area contributed by atoms with Crippen LogP contribution in [0.15, 0.2) is 52.8 Å². The van der Waals surface area contributed by atoms with Gasteiger partial charge in [-0.25, -0.2) is 9.37 Å². The highest BCUT2D eigenvalue weighted by Crippen LogP contribution is 2.25. The lowest BCUT2D eigenvalue weighted by atomic mass is 10.3. The average Bonchev–Trinajstić information content (AvgIpc) is 2.80. The van der Waals surface area contributed by atoms with Gasteiger partial charge in [0.2, 0.25) is 0 Å². The number of nitrogens with zero attached hydrogens (tertiary/aromatic N) is 5. The van der Waals surface area contributed by atoms with Crippen LogP contribution in [0.3, 0.4) is 0 Å². The van der Waals surface area contributed by atoms with Crippen molar-refractivity contribution in [3.05, 3.63) is 64.2 Å². The summed E-state index contributed by atoms with van der Waals surface area (Å²) in [5.41, 5.74) is 1.39. The molecule has 2 heterocycles. The number of benzene rings is 1. The van der Waals surface area contributed by atoms with Gasteiger partial charge in [0.1, 0.15) is 11.5 Å². The summed E-state index contributed by atoms with van der Waals surface area (Å²) in [6.07, 6.45) is 1.26. The van der Waals surface area contributed by atoms with Gasteiger partial charge in [-0.15, -0.1) is 10.2 Å². The normalized spacial score (nSPS) is 11.4. The van der Waals surface area contributed by atoms with Crippen molar-refractivity contribution in [3.8, 4) is 0 Å². The van der Waals surface area contributed by atoms with E-state index in [-0.39, 0.29) is 5.69 Å². The van der Waals surface area contributed by atoms with Gasteiger partial charge in [-0.2, -0.15) is 0 Å². The van der Waals surface area contributed by atoms with Gasteiger partial charge < -0.3 is 0 Å². The Balaban J connectivity index is 2.02. The number of fused-ring (bicyclic) bond motifs is 1. The maximum atomic E-state index is 13.3. The number of hydrogen-bond acceptors (Lipinski definition) is 5. The number of nitro groups is 1. The predicted molar refractivity (Wildman–Crippen MR) is 77.2 cm³/mol. The van der Waals surface area contributed by atoms with Crippen LogP contribution >= 0.6 is 0 Å². The summed E-state index contributed by atoms with van der Waals surface area (Å²) >= 11 is 0. The van der Waals surface area contributed by atoms with Crippen molar-refractivity contribution in [3.63, 3.8) is 0 Å². The Labute approximate surface area is 123 Å². The molecule has 0 amide bonds. The summed E-state index contributed by atoms with van der Waals surface area (Å²) < 4.78 is 14.8. The first kappa shape index (κ1) is 13.8. The van der Waals surface area contributed by atoms with E-state index in [1.165, 1.54) is 40.9 Å². The van der Waals surface area contributed by atoms with Crippen molar-refractivity contribution >= 4 is 22.8 Å². The molecule has 3 rings (SSSR count). The second-order valence-electron chi connectivity index (χ2n) is 4.57. The molecule has 0 fully saturated rings. The summed E-state index contributed by atoms with van der Waals surface area (Å²) in [6.45, 7) is 1.73. The van der Waals surface area contributed by atoms with Gasteiger partial charge in [0.15, 0.2) is 5.82 Å². The smallest absolute Gasteiger partial charge is 0.271 e. The zero-order chi connectivity index (χ0) is 15.7. The van der Waals surface area contributed by atoms with E-state index < -0.39 is 10.7 Å². The fraction of sp³-hybridized carbons (Fsp3) is 0.0714. The molecule has 0 saturated heterocycles. The lowest BCUT2D eigenvalue weighted by Gasteiger charge is -1.97. The highest BCUT2D eigenvalue weighted by atomic mass is 19.1. The summed E-state index contributed by atoms with van der Waals surface area (Å²) in [5.74, 6) is -0.0438. The third kappa shape index (κ3) is 2.53. The summed E-state index contributed by atoms with van der Waals surface area (Å²) in [5, 5.41) is 18.7. The summed E-state index contributed by atoms with van der Waals surface area (Å²) in [4.78, 5) is 14.5. The lowest BCUT2D eigenvalue weighted by Crippen LogP contribution is -1.86. The molecule has 0 unspecified atom stereocenters. The SMILES string of the molecule is Cc1nc2ccc(F)cn2c1N=Nc1cccc([N+](=O)[O-])c1. The van der Waals surface area contributed by atoms with Crippen LogP contribution in [0.2, 0.25) is 0 Å². The molecular formula is C14H10FN5O2. The van der Waals surface area contributed by atoms with Gasteiger partial charge in [0.05, 0.1) is 16.3 Å². The number of halogens is 1. The third-order valence-electron chi connectivity index (χ3n) is 3.03. The number of rotatable bonds is 3. The minimum absolute atomic E-state index is 0.0719. The minimum atomic E-state index is -0.506. The second kappa shape index (κ2) is 5.32. The number of aryl methyl sites for hydroxylation is 1. The Morgan fingerprint density at radius 2 is 2.09 bits per heavy atom. The monoisotopic (exact) mass is 299 g/mol. The summed E-state index contributed by atoms with van der Waals surface area (Å²) in [7, 11) is 0. The van der Waals surface area contributed by atoms with Crippen LogP contribution in [0.1, 0.15) is 5.69 Å². The maximum Gasteiger partial charge on any atom is 0.271 e. The average molecular weight is 299 g/mol. The van der Waals surface area contributed by atoms with Crippen LogP contribution in [0, 0.1) is 22.9 Å². The fourth-order valence-electron chi connectivity index (χ4n) is 2.02. The van der Waals surface area contributed by atoms with Crippen molar-refractivity contribution in [2.45, 2.75) is 6.92 Å². The van der Waals surface area contributed by atoms with Gasteiger partial charge >= 0.3 is 0 Å². The molecule has 8 heteroatoms. The van der Waals surface area contributed by atoms with Crippen molar-refractivity contribution in [2.75, 3.05) is 0 Å². The van der Waals surface area contributed by atoms with Crippen molar-refractivity contribution < 1.29 is 9.31 Å². The van der Waals surface area contributed by atoms with Gasteiger partial charge in [-0.3, -0.25) is 14.5 Å². The molecule has 0 spiro atoms. The predicted octanol–water partition coefficient (Wildman–Crippen LogP) is 4.11. The Hall–Kier alpha value is -3.16. The van der Waals surface area contributed by atoms with Crippen LogP contribution in [0.25, 0.3) is 5.65 Å². The van der Waals surface area contributed by atoms with E-state index in [9.17, 15) is 14.5 Å². The fourth-order valence-corrected chi connectivity index (χ4v) is 2.02. The Bertz CT molecular complexity index is 903. The third-order valence-corrected chi connectivity index (χ3v) is 3.03. The lowest BCUT2D eigenvalue weighted by molar-refractivity contribution is -0.384. The molecule has 7 nitrogen and oxygen atoms in total. The molecule has 0 bridgehead atoms. The number of non-ortho nitro benzene ring substituents is 1. The largest absolute Gasteiger partial charge is 0.280 e. The first-order chi connectivity index (χ1) is 10.5. The van der Waals surface area contributed by atoms with E-state index in [1.54, 1.807) is 13.0 Å². The zero-order valence-corrected chi connectivity index (χ0v) is 11.5. The number of azo groups is 1. The molecule has 0 saturated carbocycles. The van der Waals surface area contributed by atoms with Gasteiger partial charge in [-0.05, 0) is 25.1 Å². The van der Waals surface area contributed by atoms with Gasteiger partial charge in [0.25, 0.3) is 5.69 Å². The number of imidazole rings is 1. The van der Waals surface area contributed by atoms with Crippen molar-refractivity contribution in [1.29, 1.82) is 0 Å². The molecule has 0 aliphatic rings. The Morgan fingerprint density at radius 1 is 1.27 bits per heavy atom. The van der Waals surface area contributed by atoms with Gasteiger partial charge in [-0.1, -0.05) is 6.07 Å². The highest BCUT2D eigenvalue weighted by molar-refractivity contribution is 5.52. The van der Waals surface area contributed by atoms with E-state index in [1.807, 2.05) is 0 Å². The standard InChI is InChI=1S/C14H10FN5O2/c1-9-14(19-8-10(15)5-6-13(19)16-9)18-17-11-3-2-4-12(7-11)20(21)22/h2-8H,1H3. The zero-order valence-electron chi connectivity index (χ0n) is 11.5. The molecule has 0 radical (unpaired) electrons. The van der Waals surface area contributed by atoms with Crippen LogP contribution < -0.4 is 0 Å². The molecule has 0 N–H and O–H groups in total. The van der Waals surface area contributed by atoms with E-state index in [0.717, 1.165) is 0 Å². The molecule has 0 aliphatic carbocycles. The molecule has 110 valence electrons. The van der Waals surface area contributed by atoms with Crippen molar-refractivity contribution in [2.24, 2.45) is 10.2 Å². The maximum absolute atomic E-state index is 13.3. The van der Waals surface area contributed by atoms with Gasteiger partial charge in [0, 0.05) is 18.3 Å². The highest BCUT2D eigenvalue weighted by Gasteiger charge is 2.09. The molecular weight excluding hydrogens is 289 g/mol. The Morgan fingerprint density at radius 3 is 2.86 bits per heavy atom. The van der Waals surface area contributed by atoms with Crippen LogP contribution in [0.5, 0.6) is 0 Å². The first-order valence-electron chi connectivity index (χ1n) is 6.35. The Kier molecular flexibility index (Phi) is 3.34. The number of nitro benzene ring substituents is 1. The van der Waals surface area contributed by atoms with E-state index in [0.29, 0.717) is 22.8 Å². The van der Waals surface area contributed by atoms with E-state index in [2.05, 4.69) is 15.2 Å². The van der Waals surface area contributed by atoms with Crippen LogP contribution in [0.4, 0.5) is 21.6 Å². The van der Waals surface area contributed by atoms with Crippen LogP contribution in [-0.2, 0) is 0 Å². The molecule has 22 heavy (non-hydrogen) atoms. The second-order valence-corrected chi connectivity index (χ2v) is 4.57.